The minimum Gasteiger partial charge on any atom is -0.384 e. The number of amides is 1. The molecule has 5 rings (SSSR count). The van der Waals surface area contributed by atoms with Crippen molar-refractivity contribution in [3.63, 3.8) is 0 Å². The first-order valence-electron chi connectivity index (χ1n) is 10.4. The van der Waals surface area contributed by atoms with Crippen LogP contribution in [-0.4, -0.2) is 76.2 Å². The quantitative estimate of drug-likeness (QED) is 0.752. The van der Waals surface area contributed by atoms with E-state index in [2.05, 4.69) is 14.9 Å². The summed E-state index contributed by atoms with van der Waals surface area (Å²) in [7, 11) is 1.98. The van der Waals surface area contributed by atoms with E-state index in [4.69, 9.17) is 10.5 Å². The van der Waals surface area contributed by atoms with E-state index >= 15 is 0 Å². The molecule has 0 aliphatic carbocycles. The minimum absolute atomic E-state index is 0.0328. The second-order valence-electron chi connectivity index (χ2n) is 8.56. The SMILES string of the molecule is CN1CCOC[C@H]1C(=O)N1C[C@@H]2C[C@H](C1)c1cc(-c3cc(N)ncn3)cc(=O)n1C2. The van der Waals surface area contributed by atoms with E-state index in [1.54, 1.807) is 12.1 Å². The number of carbonyl (C=O) groups is 1. The number of nitrogen functional groups attached to an aromatic ring is 1. The maximum absolute atomic E-state index is 13.2. The van der Waals surface area contributed by atoms with Gasteiger partial charge < -0.3 is 19.9 Å². The summed E-state index contributed by atoms with van der Waals surface area (Å²) in [5, 5.41) is 0. The standard InChI is InChI=1S/C21H26N6O3/c1-25-2-3-30-11-18(25)21(29)26-8-13-4-15(10-26)17-5-14(6-20(28)27(17)9-13)16-7-19(22)24-12-23-16/h5-7,12-13,15,18H,2-4,8-11H2,1H3,(H2,22,23,24)/t13-,15+,18-/m0/s1. The molecule has 3 aliphatic heterocycles. The summed E-state index contributed by atoms with van der Waals surface area (Å²) in [6.07, 6.45) is 2.39. The smallest absolute Gasteiger partial charge is 0.251 e. The number of hydrogen-bond acceptors (Lipinski definition) is 7. The van der Waals surface area contributed by atoms with Crippen LogP contribution < -0.4 is 11.3 Å². The number of likely N-dealkylation sites (tertiary alicyclic amines) is 1. The van der Waals surface area contributed by atoms with E-state index in [-0.39, 0.29) is 29.3 Å². The molecule has 2 bridgehead atoms. The highest BCUT2D eigenvalue weighted by atomic mass is 16.5. The van der Waals surface area contributed by atoms with Crippen LogP contribution in [0.4, 0.5) is 5.82 Å². The Morgan fingerprint density at radius 3 is 2.87 bits per heavy atom. The highest BCUT2D eigenvalue weighted by molar-refractivity contribution is 5.82. The fourth-order valence-electron chi connectivity index (χ4n) is 4.97. The lowest BCUT2D eigenvalue weighted by Gasteiger charge is -2.45. The Kier molecular flexibility index (Phi) is 4.79. The van der Waals surface area contributed by atoms with E-state index in [1.807, 2.05) is 22.6 Å². The van der Waals surface area contributed by atoms with Gasteiger partial charge in [0.2, 0.25) is 5.91 Å². The third-order valence-corrected chi connectivity index (χ3v) is 6.53. The first-order valence-corrected chi connectivity index (χ1v) is 10.4. The third kappa shape index (κ3) is 3.37. The fourth-order valence-corrected chi connectivity index (χ4v) is 4.97. The normalized spacial score (nSPS) is 26.3. The molecule has 9 nitrogen and oxygen atoms in total. The lowest BCUT2D eigenvalue weighted by molar-refractivity contribution is -0.144. The van der Waals surface area contributed by atoms with Gasteiger partial charge in [-0.15, -0.1) is 0 Å². The van der Waals surface area contributed by atoms with Gasteiger partial charge >= 0.3 is 0 Å². The summed E-state index contributed by atoms with van der Waals surface area (Å²) >= 11 is 0. The van der Waals surface area contributed by atoms with Gasteiger partial charge in [-0.3, -0.25) is 14.5 Å². The fraction of sp³-hybridized carbons (Fsp3) is 0.524. The van der Waals surface area contributed by atoms with Gasteiger partial charge in [-0.1, -0.05) is 0 Å². The molecule has 3 aliphatic rings. The van der Waals surface area contributed by atoms with Crippen molar-refractivity contribution in [3.05, 3.63) is 40.6 Å². The molecule has 158 valence electrons. The molecule has 0 unspecified atom stereocenters. The largest absolute Gasteiger partial charge is 0.384 e. The van der Waals surface area contributed by atoms with Crippen molar-refractivity contribution in [2.45, 2.75) is 24.9 Å². The van der Waals surface area contributed by atoms with Crippen molar-refractivity contribution in [3.8, 4) is 11.3 Å². The zero-order chi connectivity index (χ0) is 20.8. The summed E-state index contributed by atoms with van der Waals surface area (Å²) < 4.78 is 7.41. The average Bonchev–Trinajstić information content (AvgIpc) is 2.74. The number of likely N-dealkylation sites (N-methyl/N-ethyl adjacent to an activating group) is 1. The lowest BCUT2D eigenvalue weighted by atomic mass is 9.82. The number of aromatic nitrogens is 3. The summed E-state index contributed by atoms with van der Waals surface area (Å²) in [4.78, 5) is 38.3. The Morgan fingerprint density at radius 1 is 1.20 bits per heavy atom. The van der Waals surface area contributed by atoms with Crippen LogP contribution in [0.25, 0.3) is 11.3 Å². The lowest BCUT2D eigenvalue weighted by Crippen LogP contribution is -2.57. The van der Waals surface area contributed by atoms with Gasteiger partial charge in [0, 0.05) is 55.5 Å². The number of rotatable bonds is 2. The maximum Gasteiger partial charge on any atom is 0.251 e. The van der Waals surface area contributed by atoms with Crippen molar-refractivity contribution in [2.75, 3.05) is 45.6 Å². The molecule has 3 atom stereocenters. The number of carbonyl (C=O) groups excluding carboxylic acids is 1. The number of morpholine rings is 1. The summed E-state index contributed by atoms with van der Waals surface area (Å²) in [6.45, 7) is 3.82. The molecule has 0 saturated carbocycles. The predicted octanol–water partition coefficient (Wildman–Crippen LogP) is 0.164. The van der Waals surface area contributed by atoms with Crippen LogP contribution in [0, 0.1) is 5.92 Å². The van der Waals surface area contributed by atoms with Gasteiger partial charge in [0.25, 0.3) is 5.56 Å². The van der Waals surface area contributed by atoms with Gasteiger partial charge in [-0.05, 0) is 25.5 Å². The highest BCUT2D eigenvalue weighted by Crippen LogP contribution is 2.36. The highest BCUT2D eigenvalue weighted by Gasteiger charge is 2.39. The Labute approximate surface area is 174 Å². The average molecular weight is 410 g/mol. The van der Waals surface area contributed by atoms with Crippen molar-refractivity contribution in [2.24, 2.45) is 5.92 Å². The zero-order valence-corrected chi connectivity index (χ0v) is 17.0. The summed E-state index contributed by atoms with van der Waals surface area (Å²) in [5.41, 5.74) is 8.10. The number of nitrogens with zero attached hydrogens (tertiary/aromatic N) is 5. The second-order valence-corrected chi connectivity index (χ2v) is 8.56. The summed E-state index contributed by atoms with van der Waals surface area (Å²) in [5.74, 6) is 0.907. The zero-order valence-electron chi connectivity index (χ0n) is 17.0. The Bertz CT molecular complexity index is 1040. The van der Waals surface area contributed by atoms with Crippen LogP contribution in [0.5, 0.6) is 0 Å². The first kappa shape index (κ1) is 19.2. The molecule has 2 saturated heterocycles. The van der Waals surface area contributed by atoms with Crippen molar-refractivity contribution in [1.29, 1.82) is 0 Å². The van der Waals surface area contributed by atoms with E-state index in [0.717, 1.165) is 24.2 Å². The molecule has 2 fully saturated rings. The van der Waals surface area contributed by atoms with Crippen LogP contribution in [0.15, 0.2) is 29.3 Å². The maximum atomic E-state index is 13.2. The molecule has 1 amide bonds. The monoisotopic (exact) mass is 410 g/mol. The Morgan fingerprint density at radius 2 is 2.07 bits per heavy atom. The van der Waals surface area contributed by atoms with Crippen molar-refractivity contribution in [1.82, 2.24) is 24.3 Å². The number of pyridine rings is 1. The number of hydrogen-bond donors (Lipinski definition) is 1. The molecular formula is C21H26N6O3. The van der Waals surface area contributed by atoms with Crippen LogP contribution in [0.1, 0.15) is 18.0 Å². The molecule has 2 N–H and O–H groups in total. The second kappa shape index (κ2) is 7.48. The van der Waals surface area contributed by atoms with Crippen molar-refractivity contribution < 1.29 is 9.53 Å². The topological polar surface area (TPSA) is 107 Å². The molecular weight excluding hydrogens is 384 g/mol. The molecule has 30 heavy (non-hydrogen) atoms. The number of fused-ring (bicyclic) bond motifs is 4. The molecule has 2 aromatic heterocycles. The van der Waals surface area contributed by atoms with E-state index in [1.165, 1.54) is 6.33 Å². The number of nitrogens with two attached hydrogens (primary N) is 1. The van der Waals surface area contributed by atoms with Crippen molar-refractivity contribution >= 4 is 11.7 Å². The molecule has 9 heteroatoms. The Hall–Kier alpha value is -2.78. The molecule has 2 aromatic rings. The van der Waals surface area contributed by atoms with Crippen LogP contribution >= 0.6 is 0 Å². The minimum atomic E-state index is -0.227. The van der Waals surface area contributed by atoms with Gasteiger partial charge in [0.15, 0.2) is 0 Å². The van der Waals surface area contributed by atoms with E-state index < -0.39 is 0 Å². The van der Waals surface area contributed by atoms with Gasteiger partial charge in [0.1, 0.15) is 18.2 Å². The number of anilines is 1. The molecule has 0 aromatic carbocycles. The number of piperidine rings is 1. The predicted molar refractivity (Wildman–Crippen MR) is 111 cm³/mol. The number of ether oxygens (including phenoxy) is 1. The van der Waals surface area contributed by atoms with Crippen LogP contribution in [0.2, 0.25) is 0 Å². The summed E-state index contributed by atoms with van der Waals surface area (Å²) in [6, 6.07) is 5.08. The van der Waals surface area contributed by atoms with Crippen LogP contribution in [0.3, 0.4) is 0 Å². The Balaban J connectivity index is 1.45. The van der Waals surface area contributed by atoms with E-state index in [0.29, 0.717) is 44.4 Å². The third-order valence-electron chi connectivity index (χ3n) is 6.53. The van der Waals surface area contributed by atoms with Gasteiger partial charge in [0.05, 0.1) is 18.9 Å². The first-order chi connectivity index (χ1) is 14.5. The van der Waals surface area contributed by atoms with Crippen LogP contribution in [-0.2, 0) is 16.1 Å². The molecule has 0 radical (unpaired) electrons. The van der Waals surface area contributed by atoms with Gasteiger partial charge in [-0.25, -0.2) is 9.97 Å². The molecule has 0 spiro atoms. The molecule has 5 heterocycles. The van der Waals surface area contributed by atoms with E-state index in [9.17, 15) is 9.59 Å². The van der Waals surface area contributed by atoms with Gasteiger partial charge in [-0.2, -0.15) is 0 Å².